The Labute approximate surface area is 249 Å². The molecule has 1 saturated heterocycles. The van der Waals surface area contributed by atoms with Crippen molar-refractivity contribution in [1.29, 1.82) is 5.26 Å². The molecule has 0 spiro atoms. The van der Waals surface area contributed by atoms with Gasteiger partial charge >= 0.3 is 0 Å². The highest BCUT2D eigenvalue weighted by molar-refractivity contribution is 6.31. The first kappa shape index (κ1) is 28.8. The van der Waals surface area contributed by atoms with Gasteiger partial charge in [-0.05, 0) is 49.4 Å². The van der Waals surface area contributed by atoms with Gasteiger partial charge in [0.25, 0.3) is 5.91 Å². The zero-order valence-electron chi connectivity index (χ0n) is 23.4. The van der Waals surface area contributed by atoms with E-state index in [1.54, 1.807) is 43.0 Å². The van der Waals surface area contributed by atoms with Crippen LogP contribution in [0.25, 0.3) is 0 Å². The van der Waals surface area contributed by atoms with Gasteiger partial charge in [-0.25, -0.2) is 9.97 Å². The molecule has 0 atom stereocenters. The first-order chi connectivity index (χ1) is 20.4. The quantitative estimate of drug-likeness (QED) is 0.311. The lowest BCUT2D eigenvalue weighted by molar-refractivity contribution is 0.102. The third-order valence-corrected chi connectivity index (χ3v) is 7.27. The molecular weight excluding hydrogens is 550 g/mol. The van der Waals surface area contributed by atoms with Gasteiger partial charge in [0, 0.05) is 73.2 Å². The topological polar surface area (TPSA) is 115 Å². The molecule has 1 aliphatic rings. The average molecular weight is 580 g/mol. The number of hydrogen-bond acceptors (Lipinski definition) is 8. The first-order valence-corrected chi connectivity index (χ1v) is 13.9. The molecule has 212 valence electrons. The van der Waals surface area contributed by atoms with Crippen molar-refractivity contribution in [2.45, 2.75) is 20.0 Å². The van der Waals surface area contributed by atoms with Crippen LogP contribution >= 0.6 is 11.6 Å². The highest BCUT2D eigenvalue weighted by Crippen LogP contribution is 2.24. The molecule has 1 fully saturated rings. The Morgan fingerprint density at radius 1 is 1.02 bits per heavy atom. The zero-order chi connectivity index (χ0) is 29.5. The van der Waals surface area contributed by atoms with Gasteiger partial charge in [-0.15, -0.1) is 0 Å². The Balaban J connectivity index is 1.21. The maximum atomic E-state index is 13.1. The number of amides is 1. The van der Waals surface area contributed by atoms with Crippen molar-refractivity contribution in [3.8, 4) is 17.9 Å². The van der Waals surface area contributed by atoms with Crippen molar-refractivity contribution < 1.29 is 4.79 Å². The molecule has 0 radical (unpaired) electrons. The van der Waals surface area contributed by atoms with Crippen LogP contribution in [0, 0.1) is 30.1 Å². The van der Waals surface area contributed by atoms with E-state index >= 15 is 0 Å². The summed E-state index contributed by atoms with van der Waals surface area (Å²) in [5, 5.41) is 19.5. The Bertz CT molecular complexity index is 1670. The highest BCUT2D eigenvalue weighted by atomic mass is 35.5. The fourth-order valence-corrected chi connectivity index (χ4v) is 4.65. The summed E-state index contributed by atoms with van der Waals surface area (Å²) in [6, 6.07) is 13.1. The van der Waals surface area contributed by atoms with Gasteiger partial charge in [-0.3, -0.25) is 14.4 Å². The molecule has 0 unspecified atom stereocenters. The van der Waals surface area contributed by atoms with E-state index in [0.29, 0.717) is 33.5 Å². The minimum atomic E-state index is -0.238. The summed E-state index contributed by atoms with van der Waals surface area (Å²) in [6.45, 7) is 7.02. The van der Waals surface area contributed by atoms with E-state index in [0.717, 1.165) is 49.4 Å². The number of hydrogen-bond donors (Lipinski definition) is 2. The van der Waals surface area contributed by atoms with E-state index in [2.05, 4.69) is 54.4 Å². The number of aryl methyl sites for hydroxylation is 1. The van der Waals surface area contributed by atoms with Crippen LogP contribution in [-0.2, 0) is 13.1 Å². The fourth-order valence-electron chi connectivity index (χ4n) is 4.41. The molecule has 1 aliphatic heterocycles. The van der Waals surface area contributed by atoms with Crippen molar-refractivity contribution in [2.24, 2.45) is 0 Å². The lowest BCUT2D eigenvalue weighted by Gasteiger charge is -2.32. The number of nitriles is 1. The fraction of sp³-hybridized carbons (Fsp3) is 0.258. The second kappa shape index (κ2) is 13.3. The summed E-state index contributed by atoms with van der Waals surface area (Å²) in [7, 11) is 2.14. The van der Waals surface area contributed by atoms with E-state index < -0.39 is 0 Å². The van der Waals surface area contributed by atoms with Crippen LogP contribution in [0.4, 0.5) is 17.3 Å². The number of carbonyl (C=O) groups excluding carboxylic acids is 1. The zero-order valence-corrected chi connectivity index (χ0v) is 24.2. The second-order valence-corrected chi connectivity index (χ2v) is 10.5. The Hall–Kier alpha value is -4.74. The summed E-state index contributed by atoms with van der Waals surface area (Å²) in [4.78, 5) is 26.4. The van der Waals surface area contributed by atoms with E-state index in [1.807, 2.05) is 31.2 Å². The standard InChI is InChI=1S/C31H30ClN9O/c1-22-3-5-25(30(42)37-27-8-7-26(29(32)16-27)20-40-13-11-39(2)12-14-40)15-24(22)6-4-23-17-34-31(35-18-23)38-28-19-36-41(21-28)10-9-33/h3,5,7-8,15-19,21H,10-14,20H2,1-2H3,(H,37,42)(H,34,35,38). The average Bonchev–Trinajstić information content (AvgIpc) is 3.42. The van der Waals surface area contributed by atoms with Crippen LogP contribution in [0.15, 0.2) is 61.2 Å². The molecule has 0 saturated carbocycles. The number of nitrogens with zero attached hydrogens (tertiary/aromatic N) is 7. The summed E-state index contributed by atoms with van der Waals surface area (Å²) in [5.74, 6) is 6.35. The van der Waals surface area contributed by atoms with E-state index in [1.165, 1.54) is 4.68 Å². The lowest BCUT2D eigenvalue weighted by Crippen LogP contribution is -2.43. The molecule has 0 aliphatic carbocycles. The molecule has 2 aromatic heterocycles. The molecule has 42 heavy (non-hydrogen) atoms. The van der Waals surface area contributed by atoms with Gasteiger partial charge in [0.15, 0.2) is 0 Å². The van der Waals surface area contributed by atoms with E-state index in [4.69, 9.17) is 16.9 Å². The molecule has 4 aromatic rings. The highest BCUT2D eigenvalue weighted by Gasteiger charge is 2.16. The predicted molar refractivity (Wildman–Crippen MR) is 162 cm³/mol. The smallest absolute Gasteiger partial charge is 0.255 e. The number of anilines is 3. The van der Waals surface area contributed by atoms with Crippen LogP contribution < -0.4 is 10.6 Å². The molecule has 10 nitrogen and oxygen atoms in total. The second-order valence-electron chi connectivity index (χ2n) is 10.1. The van der Waals surface area contributed by atoms with E-state index in [9.17, 15) is 4.79 Å². The van der Waals surface area contributed by atoms with Crippen molar-refractivity contribution >= 4 is 34.8 Å². The summed E-state index contributed by atoms with van der Waals surface area (Å²) < 4.78 is 1.51. The van der Waals surface area contributed by atoms with Gasteiger partial charge in [0.2, 0.25) is 5.95 Å². The number of benzene rings is 2. The van der Waals surface area contributed by atoms with E-state index in [-0.39, 0.29) is 12.5 Å². The molecule has 1 amide bonds. The maximum absolute atomic E-state index is 13.1. The third kappa shape index (κ3) is 7.50. The van der Waals surface area contributed by atoms with Gasteiger partial charge in [-0.1, -0.05) is 35.6 Å². The molecule has 0 bridgehead atoms. The third-order valence-electron chi connectivity index (χ3n) is 6.92. The number of carbonyl (C=O) groups is 1. The normalized spacial score (nSPS) is 13.6. The van der Waals surface area contributed by atoms with Gasteiger partial charge < -0.3 is 15.5 Å². The number of aromatic nitrogens is 4. The summed E-state index contributed by atoms with van der Waals surface area (Å²) in [5.41, 5.74) is 5.17. The largest absolute Gasteiger partial charge is 0.322 e. The Morgan fingerprint density at radius 2 is 1.81 bits per heavy atom. The minimum Gasteiger partial charge on any atom is -0.322 e. The van der Waals surface area contributed by atoms with Crippen LogP contribution in [0.1, 0.15) is 32.6 Å². The summed E-state index contributed by atoms with van der Waals surface area (Å²) in [6.07, 6.45) is 6.53. The number of likely N-dealkylation sites (N-methyl/N-ethyl adjacent to an activating group) is 1. The van der Waals surface area contributed by atoms with Crippen LogP contribution in [0.2, 0.25) is 5.02 Å². The number of rotatable bonds is 7. The van der Waals surface area contributed by atoms with Crippen molar-refractivity contribution in [2.75, 3.05) is 43.9 Å². The molecule has 11 heteroatoms. The van der Waals surface area contributed by atoms with Crippen molar-refractivity contribution in [3.63, 3.8) is 0 Å². The first-order valence-electron chi connectivity index (χ1n) is 13.5. The SMILES string of the molecule is Cc1ccc(C(=O)Nc2ccc(CN3CCN(C)CC3)c(Cl)c2)cc1C#Cc1cnc(Nc2cnn(CC#N)c2)nc1. The van der Waals surface area contributed by atoms with Gasteiger partial charge in [-0.2, -0.15) is 10.4 Å². The van der Waals surface area contributed by atoms with Crippen LogP contribution in [0.3, 0.4) is 0 Å². The maximum Gasteiger partial charge on any atom is 0.255 e. The monoisotopic (exact) mass is 579 g/mol. The minimum absolute atomic E-state index is 0.165. The predicted octanol–water partition coefficient (Wildman–Crippen LogP) is 4.30. The molecule has 2 N–H and O–H groups in total. The van der Waals surface area contributed by atoms with Gasteiger partial charge in [0.05, 0.1) is 23.5 Å². The molecule has 3 heterocycles. The number of nitrogens with one attached hydrogen (secondary N) is 2. The van der Waals surface area contributed by atoms with Crippen LogP contribution in [-0.4, -0.2) is 68.7 Å². The van der Waals surface area contributed by atoms with Gasteiger partial charge in [0.1, 0.15) is 6.54 Å². The molecule has 5 rings (SSSR count). The number of halogens is 1. The van der Waals surface area contributed by atoms with Crippen molar-refractivity contribution in [3.05, 3.63) is 94.0 Å². The summed E-state index contributed by atoms with van der Waals surface area (Å²) >= 11 is 6.58. The van der Waals surface area contributed by atoms with Crippen molar-refractivity contribution in [1.82, 2.24) is 29.5 Å². The number of piperazine rings is 1. The lowest BCUT2D eigenvalue weighted by atomic mass is 10.0. The molecule has 2 aromatic carbocycles. The Kier molecular flexibility index (Phi) is 9.10. The molecular formula is C31H30ClN9O. The van der Waals surface area contributed by atoms with Crippen LogP contribution in [0.5, 0.6) is 0 Å². The Morgan fingerprint density at radius 3 is 2.55 bits per heavy atom.